The van der Waals surface area contributed by atoms with Gasteiger partial charge in [0.1, 0.15) is 18.2 Å². The summed E-state index contributed by atoms with van der Waals surface area (Å²) in [5, 5.41) is 15.3. The lowest BCUT2D eigenvalue weighted by atomic mass is 9.97. The van der Waals surface area contributed by atoms with E-state index < -0.39 is 5.91 Å². The zero-order valence-electron chi connectivity index (χ0n) is 19.0. The number of carbonyl (C=O) groups is 2. The first-order valence-electron chi connectivity index (χ1n) is 11.3. The molecule has 6 nitrogen and oxygen atoms in total. The molecular formula is C26H28N4O2S. The second-order valence-corrected chi connectivity index (χ2v) is 9.62. The van der Waals surface area contributed by atoms with E-state index in [1.54, 1.807) is 17.4 Å². The molecule has 0 radical (unpaired) electrons. The van der Waals surface area contributed by atoms with Crippen LogP contribution in [0.2, 0.25) is 0 Å². The Balaban J connectivity index is 1.59. The van der Waals surface area contributed by atoms with Crippen molar-refractivity contribution in [3.63, 3.8) is 0 Å². The van der Waals surface area contributed by atoms with Crippen molar-refractivity contribution in [3.05, 3.63) is 64.0 Å². The summed E-state index contributed by atoms with van der Waals surface area (Å²) in [6, 6.07) is 14.1. The number of nitrogens with one attached hydrogen (secondary N) is 1. The molecule has 0 bridgehead atoms. The largest absolute Gasteiger partial charge is 0.347 e. The topological polar surface area (TPSA) is 78.1 Å². The first kappa shape index (κ1) is 22.8. The molecule has 0 aliphatic carbocycles. The van der Waals surface area contributed by atoms with Crippen molar-refractivity contribution in [1.82, 2.24) is 14.8 Å². The van der Waals surface area contributed by atoms with Gasteiger partial charge in [-0.1, -0.05) is 24.3 Å². The van der Waals surface area contributed by atoms with Crippen LogP contribution < -0.4 is 5.32 Å². The van der Waals surface area contributed by atoms with Gasteiger partial charge in [-0.3, -0.25) is 9.59 Å². The normalized spacial score (nSPS) is 18.8. The second kappa shape index (κ2) is 10.1. The molecule has 2 atom stereocenters. The molecule has 2 aromatic heterocycles. The maximum atomic E-state index is 13.2. The monoisotopic (exact) mass is 460 g/mol. The molecule has 0 spiro atoms. The smallest absolute Gasteiger partial charge is 0.262 e. The third-order valence-electron chi connectivity index (χ3n) is 6.27. The molecule has 170 valence electrons. The van der Waals surface area contributed by atoms with E-state index in [4.69, 9.17) is 0 Å². The van der Waals surface area contributed by atoms with Gasteiger partial charge in [-0.15, -0.1) is 11.3 Å². The number of hydrogen-bond donors (Lipinski definition) is 1. The first-order chi connectivity index (χ1) is 16.0. The van der Waals surface area contributed by atoms with Crippen molar-refractivity contribution in [3.8, 4) is 6.07 Å². The minimum absolute atomic E-state index is 0.0408. The van der Waals surface area contributed by atoms with Gasteiger partial charge in [0.05, 0.1) is 6.54 Å². The Bertz CT molecular complexity index is 1210. The molecule has 4 rings (SSSR count). The average Bonchev–Trinajstić information content (AvgIpc) is 3.44. The molecule has 0 saturated carbocycles. The van der Waals surface area contributed by atoms with E-state index in [1.807, 2.05) is 63.5 Å². The molecule has 1 N–H and O–H groups in total. The van der Waals surface area contributed by atoms with Gasteiger partial charge in [-0.25, -0.2) is 0 Å². The van der Waals surface area contributed by atoms with Crippen LogP contribution in [0.15, 0.2) is 53.5 Å². The molecule has 3 heterocycles. The summed E-state index contributed by atoms with van der Waals surface area (Å²) in [5.74, 6) is -0.310. The summed E-state index contributed by atoms with van der Waals surface area (Å²) in [7, 11) is 0. The Morgan fingerprint density at radius 2 is 1.94 bits per heavy atom. The van der Waals surface area contributed by atoms with Gasteiger partial charge < -0.3 is 14.8 Å². The summed E-state index contributed by atoms with van der Waals surface area (Å²) in [4.78, 5) is 28.8. The highest BCUT2D eigenvalue weighted by atomic mass is 32.1. The van der Waals surface area contributed by atoms with Gasteiger partial charge in [0.25, 0.3) is 5.91 Å². The number of hydrogen-bond acceptors (Lipinski definition) is 4. The van der Waals surface area contributed by atoms with Gasteiger partial charge in [-0.05, 0) is 56.7 Å². The number of aromatic nitrogens is 1. The number of para-hydroxylation sites is 1. The number of nitrogens with zero attached hydrogens (tertiary/aromatic N) is 3. The maximum absolute atomic E-state index is 13.2. The van der Waals surface area contributed by atoms with Gasteiger partial charge in [0.15, 0.2) is 0 Å². The zero-order chi connectivity index (χ0) is 23.4. The van der Waals surface area contributed by atoms with Crippen LogP contribution in [0, 0.1) is 11.3 Å². The van der Waals surface area contributed by atoms with Crippen LogP contribution in [-0.4, -0.2) is 33.4 Å². The first-order valence-corrected chi connectivity index (χ1v) is 12.2. The molecule has 1 fully saturated rings. The van der Waals surface area contributed by atoms with Crippen LogP contribution in [0.3, 0.4) is 0 Å². The average molecular weight is 461 g/mol. The summed E-state index contributed by atoms with van der Waals surface area (Å²) in [6.45, 7) is 4.85. The fourth-order valence-corrected chi connectivity index (χ4v) is 5.29. The third-order valence-corrected chi connectivity index (χ3v) is 7.15. The number of benzene rings is 1. The van der Waals surface area contributed by atoms with Crippen molar-refractivity contribution in [1.29, 1.82) is 5.26 Å². The second-order valence-electron chi connectivity index (χ2n) is 8.59. The number of amides is 2. The lowest BCUT2D eigenvalue weighted by Crippen LogP contribution is -2.48. The van der Waals surface area contributed by atoms with Crippen LogP contribution >= 0.6 is 11.3 Å². The number of likely N-dealkylation sites (tertiary alicyclic amines) is 1. The van der Waals surface area contributed by atoms with Crippen LogP contribution in [0.25, 0.3) is 17.0 Å². The van der Waals surface area contributed by atoms with E-state index >= 15 is 0 Å². The van der Waals surface area contributed by atoms with Crippen LogP contribution in [0.4, 0.5) is 0 Å². The molecule has 1 aromatic carbocycles. The lowest BCUT2D eigenvalue weighted by Gasteiger charge is -2.39. The van der Waals surface area contributed by atoms with Crippen molar-refractivity contribution in [2.24, 2.45) is 0 Å². The van der Waals surface area contributed by atoms with E-state index in [-0.39, 0.29) is 30.1 Å². The molecule has 0 unspecified atom stereocenters. The van der Waals surface area contributed by atoms with E-state index in [1.165, 1.54) is 0 Å². The third kappa shape index (κ3) is 5.01. The molecule has 1 saturated heterocycles. The van der Waals surface area contributed by atoms with Crippen LogP contribution in [0.1, 0.15) is 43.6 Å². The number of nitriles is 1. The standard InChI is InChI=1S/C26H28N4O2S/c1-18-7-5-8-19(2)30(18)25(31)17-29-16-21(23-10-3-4-11-24(23)29)13-20(14-27)26(32)28-15-22-9-6-12-33-22/h3-4,6,9-13,16,18-19H,5,7-8,15,17H2,1-2H3,(H,28,32)/b20-13+/t18-,19-/m1/s1. The number of thiophene rings is 1. The van der Waals surface area contributed by atoms with E-state index in [0.717, 1.165) is 40.6 Å². The molecule has 2 amide bonds. The summed E-state index contributed by atoms with van der Waals surface area (Å²) in [6.07, 6.45) is 6.69. The van der Waals surface area contributed by atoms with E-state index in [2.05, 4.69) is 19.2 Å². The Hall–Kier alpha value is -3.37. The molecule has 3 aromatic rings. The van der Waals surface area contributed by atoms with Crippen molar-refractivity contribution in [2.45, 2.75) is 58.3 Å². The summed E-state index contributed by atoms with van der Waals surface area (Å²) in [5.41, 5.74) is 1.70. The SMILES string of the molecule is C[C@@H]1CCC[C@@H](C)N1C(=O)Cn1cc(/C=C(\C#N)C(=O)NCc2cccs2)c2ccccc21. The predicted molar refractivity (Wildman–Crippen MR) is 131 cm³/mol. The number of carbonyl (C=O) groups excluding carboxylic acids is 2. The highest BCUT2D eigenvalue weighted by molar-refractivity contribution is 7.09. The number of rotatable bonds is 6. The molecule has 1 aliphatic heterocycles. The van der Waals surface area contributed by atoms with Crippen molar-refractivity contribution in [2.75, 3.05) is 0 Å². The summed E-state index contributed by atoms with van der Waals surface area (Å²) < 4.78 is 1.93. The van der Waals surface area contributed by atoms with Crippen LogP contribution in [-0.2, 0) is 22.7 Å². The van der Waals surface area contributed by atoms with Crippen molar-refractivity contribution < 1.29 is 9.59 Å². The van der Waals surface area contributed by atoms with Gasteiger partial charge >= 0.3 is 0 Å². The zero-order valence-corrected chi connectivity index (χ0v) is 19.8. The van der Waals surface area contributed by atoms with Gasteiger partial charge in [0, 0.05) is 39.6 Å². The summed E-state index contributed by atoms with van der Waals surface area (Å²) >= 11 is 1.55. The lowest BCUT2D eigenvalue weighted by molar-refractivity contribution is -0.137. The number of piperidine rings is 1. The highest BCUT2D eigenvalue weighted by Gasteiger charge is 2.29. The Morgan fingerprint density at radius 1 is 1.18 bits per heavy atom. The predicted octanol–water partition coefficient (Wildman–Crippen LogP) is 4.72. The van der Waals surface area contributed by atoms with Gasteiger partial charge in [0.2, 0.25) is 5.91 Å². The maximum Gasteiger partial charge on any atom is 0.262 e. The minimum atomic E-state index is -0.408. The highest BCUT2D eigenvalue weighted by Crippen LogP contribution is 2.26. The Kier molecular flexibility index (Phi) is 6.95. The fraction of sp³-hybridized carbons (Fsp3) is 0.346. The van der Waals surface area contributed by atoms with Crippen LogP contribution in [0.5, 0.6) is 0 Å². The Morgan fingerprint density at radius 3 is 2.64 bits per heavy atom. The quantitative estimate of drug-likeness (QED) is 0.427. The van der Waals surface area contributed by atoms with Gasteiger partial charge in [-0.2, -0.15) is 5.26 Å². The Labute approximate surface area is 198 Å². The molecule has 33 heavy (non-hydrogen) atoms. The minimum Gasteiger partial charge on any atom is -0.347 e. The fourth-order valence-electron chi connectivity index (χ4n) is 4.64. The molecule has 7 heteroatoms. The number of fused-ring (bicyclic) bond motifs is 1. The molecule has 1 aliphatic rings. The van der Waals surface area contributed by atoms with Crippen molar-refractivity contribution >= 4 is 40.1 Å². The van der Waals surface area contributed by atoms with E-state index in [0.29, 0.717) is 6.54 Å². The molecular weight excluding hydrogens is 432 g/mol. The van der Waals surface area contributed by atoms with E-state index in [9.17, 15) is 14.9 Å².